The molecule has 0 aliphatic carbocycles. The number of nitrogens with zero attached hydrogens (tertiary/aromatic N) is 1. The van der Waals surface area contributed by atoms with Crippen molar-refractivity contribution in [1.29, 1.82) is 5.41 Å². The molecule has 1 atom stereocenters. The molecule has 0 saturated carbocycles. The molecule has 4 N–H and O–H groups in total. The molecule has 0 aromatic heterocycles. The van der Waals surface area contributed by atoms with Crippen LogP contribution in [0.15, 0.2) is 35.8 Å². The lowest BCUT2D eigenvalue weighted by atomic mass is 10.1. The van der Waals surface area contributed by atoms with Crippen molar-refractivity contribution in [1.82, 2.24) is 0 Å². The zero-order valence-corrected chi connectivity index (χ0v) is 11.4. The van der Waals surface area contributed by atoms with Crippen LogP contribution in [0.1, 0.15) is 24.8 Å². The molecule has 0 spiro atoms. The lowest BCUT2D eigenvalue weighted by Gasteiger charge is -2.25. The number of ether oxygens (including phenoxy) is 1. The Morgan fingerprint density at radius 2 is 2.35 bits per heavy atom. The lowest BCUT2D eigenvalue weighted by Crippen LogP contribution is -2.27. The summed E-state index contributed by atoms with van der Waals surface area (Å²) in [6.07, 6.45) is 6.08. The van der Waals surface area contributed by atoms with Crippen LogP contribution in [-0.2, 0) is 4.74 Å². The van der Waals surface area contributed by atoms with Crippen molar-refractivity contribution in [2.24, 2.45) is 10.7 Å². The number of hydrogen-bond acceptors (Lipinski definition) is 4. The molecule has 1 unspecified atom stereocenters. The average molecular weight is 272 g/mol. The van der Waals surface area contributed by atoms with Crippen molar-refractivity contribution in [2.45, 2.75) is 25.5 Å². The Balaban J connectivity index is 2.17. The van der Waals surface area contributed by atoms with E-state index < -0.39 is 0 Å². The maximum Gasteiger partial charge on any atom is 0.127 e. The van der Waals surface area contributed by atoms with Crippen molar-refractivity contribution in [2.75, 3.05) is 11.9 Å². The zero-order chi connectivity index (χ0) is 14.4. The minimum Gasteiger partial charge on any atom is -0.384 e. The van der Waals surface area contributed by atoms with E-state index in [-0.39, 0.29) is 6.23 Å². The summed E-state index contributed by atoms with van der Waals surface area (Å²) in [5.41, 5.74) is 7.97. The Morgan fingerprint density at radius 1 is 1.50 bits per heavy atom. The summed E-state index contributed by atoms with van der Waals surface area (Å²) in [5, 5.41) is 10.8. The van der Waals surface area contributed by atoms with Crippen LogP contribution < -0.4 is 11.1 Å². The second-order valence-electron chi connectivity index (χ2n) is 4.66. The van der Waals surface area contributed by atoms with Gasteiger partial charge in [-0.2, -0.15) is 0 Å². The molecule has 1 saturated heterocycles. The van der Waals surface area contributed by atoms with Crippen LogP contribution in [0.4, 0.5) is 11.4 Å². The van der Waals surface area contributed by atoms with E-state index in [4.69, 9.17) is 15.9 Å². The van der Waals surface area contributed by atoms with Gasteiger partial charge in [0.2, 0.25) is 0 Å². The van der Waals surface area contributed by atoms with E-state index in [1.165, 1.54) is 12.3 Å². The molecule has 5 heteroatoms. The number of benzene rings is 1. The van der Waals surface area contributed by atoms with Gasteiger partial charge in [0.15, 0.2) is 0 Å². The predicted molar refractivity (Wildman–Crippen MR) is 83.0 cm³/mol. The molecule has 1 aliphatic rings. The fraction of sp³-hybridized carbons (Fsp3) is 0.333. The number of nitrogens with two attached hydrogens (primary N) is 1. The van der Waals surface area contributed by atoms with Crippen molar-refractivity contribution in [3.63, 3.8) is 0 Å². The van der Waals surface area contributed by atoms with Gasteiger partial charge in [-0.05, 0) is 43.5 Å². The molecule has 0 amide bonds. The summed E-state index contributed by atoms with van der Waals surface area (Å²) in [5.74, 6) is 0.359. The number of nitrogens with one attached hydrogen (secondary N) is 2. The van der Waals surface area contributed by atoms with Gasteiger partial charge < -0.3 is 21.2 Å². The Kier molecular flexibility index (Phi) is 4.90. The number of amidine groups is 1. The normalized spacial score (nSPS) is 19.4. The Morgan fingerprint density at radius 3 is 3.00 bits per heavy atom. The lowest BCUT2D eigenvalue weighted by molar-refractivity contribution is 0.0343. The van der Waals surface area contributed by atoms with E-state index in [1.54, 1.807) is 0 Å². The topological polar surface area (TPSA) is 83.5 Å². The highest BCUT2D eigenvalue weighted by Gasteiger charge is 2.14. The maximum atomic E-state index is 7.52. The molecular weight excluding hydrogens is 252 g/mol. The molecule has 2 rings (SSSR count). The smallest absolute Gasteiger partial charge is 0.127 e. The molecule has 106 valence electrons. The van der Waals surface area contributed by atoms with Crippen molar-refractivity contribution < 1.29 is 4.74 Å². The van der Waals surface area contributed by atoms with Gasteiger partial charge in [0.1, 0.15) is 12.1 Å². The van der Waals surface area contributed by atoms with Gasteiger partial charge >= 0.3 is 0 Å². The molecular formula is C15H20N4O. The van der Waals surface area contributed by atoms with Crippen LogP contribution >= 0.6 is 0 Å². The summed E-state index contributed by atoms with van der Waals surface area (Å²) >= 11 is 0. The number of aliphatic imine (C=N–C) groups is 1. The summed E-state index contributed by atoms with van der Waals surface area (Å²) in [7, 11) is 0. The minimum atomic E-state index is 0.0232. The van der Waals surface area contributed by atoms with Crippen LogP contribution in [0.5, 0.6) is 0 Å². The first-order valence-corrected chi connectivity index (χ1v) is 6.72. The van der Waals surface area contributed by atoms with E-state index in [0.717, 1.165) is 37.1 Å². The third-order valence-corrected chi connectivity index (χ3v) is 3.15. The first-order chi connectivity index (χ1) is 9.72. The van der Waals surface area contributed by atoms with E-state index in [1.807, 2.05) is 18.2 Å². The van der Waals surface area contributed by atoms with Crippen molar-refractivity contribution in [3.8, 4) is 0 Å². The Labute approximate surface area is 119 Å². The van der Waals surface area contributed by atoms with Crippen LogP contribution in [-0.4, -0.2) is 24.9 Å². The maximum absolute atomic E-state index is 7.52. The van der Waals surface area contributed by atoms with Gasteiger partial charge in [0.05, 0.1) is 5.69 Å². The van der Waals surface area contributed by atoms with Gasteiger partial charge in [0, 0.05) is 24.1 Å². The standard InChI is InChI=1S/C15H20N4O/c1-2-14(17)18-12-6-7-13(11(9-12)10-16)19-15-5-3-4-8-20-15/h2,6-7,9-10,15-16,19H,1,3-5,8H2,(H2,17,18). The van der Waals surface area contributed by atoms with E-state index in [9.17, 15) is 0 Å². The molecule has 1 heterocycles. The van der Waals surface area contributed by atoms with Gasteiger partial charge in [-0.3, -0.25) is 0 Å². The van der Waals surface area contributed by atoms with E-state index in [2.05, 4.69) is 16.9 Å². The average Bonchev–Trinajstić information content (AvgIpc) is 2.49. The zero-order valence-electron chi connectivity index (χ0n) is 11.4. The van der Waals surface area contributed by atoms with Crippen LogP contribution in [0, 0.1) is 5.41 Å². The molecule has 5 nitrogen and oxygen atoms in total. The highest BCUT2D eigenvalue weighted by atomic mass is 16.5. The van der Waals surface area contributed by atoms with Crippen LogP contribution in [0.3, 0.4) is 0 Å². The van der Waals surface area contributed by atoms with E-state index in [0.29, 0.717) is 11.5 Å². The summed E-state index contributed by atoms with van der Waals surface area (Å²) in [6.45, 7) is 4.35. The van der Waals surface area contributed by atoms with Gasteiger partial charge in [-0.25, -0.2) is 4.99 Å². The Bertz CT molecular complexity index is 519. The molecule has 1 fully saturated rings. The van der Waals surface area contributed by atoms with E-state index >= 15 is 0 Å². The molecule has 1 aromatic carbocycles. The van der Waals surface area contributed by atoms with Crippen molar-refractivity contribution in [3.05, 3.63) is 36.4 Å². The van der Waals surface area contributed by atoms with Crippen molar-refractivity contribution >= 4 is 23.4 Å². The quantitative estimate of drug-likeness (QED) is 0.569. The molecule has 20 heavy (non-hydrogen) atoms. The summed E-state index contributed by atoms with van der Waals surface area (Å²) < 4.78 is 5.65. The summed E-state index contributed by atoms with van der Waals surface area (Å²) in [6, 6.07) is 5.57. The fourth-order valence-electron chi connectivity index (χ4n) is 2.09. The van der Waals surface area contributed by atoms with Gasteiger partial charge in [0.25, 0.3) is 0 Å². The molecule has 1 aliphatic heterocycles. The van der Waals surface area contributed by atoms with Gasteiger partial charge in [-0.1, -0.05) is 6.58 Å². The third-order valence-electron chi connectivity index (χ3n) is 3.15. The first kappa shape index (κ1) is 14.3. The third kappa shape index (κ3) is 3.68. The number of anilines is 1. The number of hydrogen-bond donors (Lipinski definition) is 3. The largest absolute Gasteiger partial charge is 0.384 e. The monoisotopic (exact) mass is 272 g/mol. The SMILES string of the molecule is C=CC(N)=Nc1ccc(NC2CCCCO2)c(C=N)c1. The van der Waals surface area contributed by atoms with Crippen LogP contribution in [0.2, 0.25) is 0 Å². The Hall–Kier alpha value is -2.14. The molecule has 0 radical (unpaired) electrons. The second-order valence-corrected chi connectivity index (χ2v) is 4.66. The van der Waals surface area contributed by atoms with Gasteiger partial charge in [-0.15, -0.1) is 0 Å². The second kappa shape index (κ2) is 6.86. The molecule has 1 aromatic rings. The molecule has 0 bridgehead atoms. The predicted octanol–water partition coefficient (Wildman–Crippen LogP) is 2.80. The van der Waals surface area contributed by atoms with Crippen LogP contribution in [0.25, 0.3) is 0 Å². The minimum absolute atomic E-state index is 0.0232. The highest BCUT2D eigenvalue weighted by molar-refractivity contribution is 5.94. The summed E-state index contributed by atoms with van der Waals surface area (Å²) in [4.78, 5) is 4.19. The number of rotatable bonds is 5. The first-order valence-electron chi connectivity index (χ1n) is 6.72. The highest BCUT2D eigenvalue weighted by Crippen LogP contribution is 2.24. The fourth-order valence-corrected chi connectivity index (χ4v) is 2.09.